The fraction of sp³-hybridized carbons (Fsp3) is 0.261. The summed E-state index contributed by atoms with van der Waals surface area (Å²) in [4.78, 5) is 18.5. The summed E-state index contributed by atoms with van der Waals surface area (Å²) in [6.45, 7) is 0. The molecular formula is C23H23ClN4O3S. The fourth-order valence-electron chi connectivity index (χ4n) is 3.17. The molecule has 1 saturated carbocycles. The van der Waals surface area contributed by atoms with Gasteiger partial charge in [0.2, 0.25) is 0 Å². The molecule has 0 unspecified atom stereocenters. The van der Waals surface area contributed by atoms with Crippen molar-refractivity contribution in [1.29, 1.82) is 0 Å². The summed E-state index contributed by atoms with van der Waals surface area (Å²) in [7, 11) is 4.91. The van der Waals surface area contributed by atoms with E-state index in [9.17, 15) is 4.79 Å². The number of thiocarbonyl (C=S) groups is 1. The molecule has 7 nitrogen and oxygen atoms in total. The average molecular weight is 471 g/mol. The van der Waals surface area contributed by atoms with Crippen LogP contribution in [0, 0.1) is 0 Å². The summed E-state index contributed by atoms with van der Waals surface area (Å²) in [6.07, 6.45) is 3.91. The predicted molar refractivity (Wildman–Crippen MR) is 130 cm³/mol. The van der Waals surface area contributed by atoms with Crippen LogP contribution in [-0.2, 0) is 0 Å². The smallest absolute Gasteiger partial charge is 0.257 e. The molecule has 166 valence electrons. The minimum absolute atomic E-state index is 0.173. The number of rotatable bonds is 6. The Labute approximate surface area is 196 Å². The van der Waals surface area contributed by atoms with Crippen molar-refractivity contribution in [3.8, 4) is 17.2 Å². The van der Waals surface area contributed by atoms with Crippen LogP contribution in [0.15, 0.2) is 42.6 Å². The number of nitrogens with one attached hydrogen (secondary N) is 2. The zero-order chi connectivity index (χ0) is 22.8. The standard InChI is InChI=1S/C23H23ClN4O3S/c1-28(2)22(29)16-11-15-19(12-21(16)30-3)25-9-8-20(15)31-14-6-7-18(17(24)10-14)27-23(32)26-13-4-5-13/h6-13H,4-5H2,1-3H3,(H2,26,27,32). The number of methoxy groups -OCH3 is 1. The van der Waals surface area contributed by atoms with Crippen LogP contribution < -0.4 is 20.1 Å². The number of amides is 1. The van der Waals surface area contributed by atoms with Gasteiger partial charge in [-0.05, 0) is 49.3 Å². The third kappa shape index (κ3) is 4.87. The highest BCUT2D eigenvalue weighted by Crippen LogP contribution is 2.35. The first-order valence-electron chi connectivity index (χ1n) is 10.1. The molecule has 0 saturated heterocycles. The molecule has 0 bridgehead atoms. The van der Waals surface area contributed by atoms with Crippen molar-refractivity contribution in [3.63, 3.8) is 0 Å². The molecule has 4 rings (SSSR count). The minimum Gasteiger partial charge on any atom is -0.496 e. The Morgan fingerprint density at radius 1 is 1.19 bits per heavy atom. The van der Waals surface area contributed by atoms with Gasteiger partial charge in [0.25, 0.3) is 5.91 Å². The number of anilines is 1. The number of halogens is 1. The molecule has 1 fully saturated rings. The second-order valence-corrected chi connectivity index (χ2v) is 8.51. The summed E-state index contributed by atoms with van der Waals surface area (Å²) in [5, 5.41) is 8.05. The minimum atomic E-state index is -0.173. The van der Waals surface area contributed by atoms with Crippen LogP contribution in [0.1, 0.15) is 23.2 Å². The van der Waals surface area contributed by atoms with Crippen molar-refractivity contribution < 1.29 is 14.3 Å². The first kappa shape index (κ1) is 22.1. The summed E-state index contributed by atoms with van der Waals surface area (Å²) in [6, 6.07) is 11.0. The van der Waals surface area contributed by atoms with Crippen molar-refractivity contribution in [2.45, 2.75) is 18.9 Å². The molecule has 2 N–H and O–H groups in total. The van der Waals surface area contributed by atoms with Crippen LogP contribution in [0.2, 0.25) is 5.02 Å². The summed E-state index contributed by atoms with van der Waals surface area (Å²) >= 11 is 11.8. The van der Waals surface area contributed by atoms with Gasteiger partial charge in [-0.3, -0.25) is 9.78 Å². The van der Waals surface area contributed by atoms with Crippen molar-refractivity contribution in [2.75, 3.05) is 26.5 Å². The number of hydrogen-bond donors (Lipinski definition) is 2. The van der Waals surface area contributed by atoms with E-state index in [1.165, 1.54) is 12.0 Å². The van der Waals surface area contributed by atoms with Gasteiger partial charge in [0.05, 0.1) is 28.9 Å². The van der Waals surface area contributed by atoms with E-state index in [1.54, 1.807) is 50.6 Å². The van der Waals surface area contributed by atoms with Crippen molar-refractivity contribution in [3.05, 3.63) is 53.2 Å². The lowest BCUT2D eigenvalue weighted by atomic mass is 10.1. The van der Waals surface area contributed by atoms with Crippen LogP contribution >= 0.6 is 23.8 Å². The van der Waals surface area contributed by atoms with Gasteiger partial charge < -0.3 is 25.0 Å². The van der Waals surface area contributed by atoms with Gasteiger partial charge in [0.1, 0.15) is 17.2 Å². The number of benzene rings is 2. The van der Waals surface area contributed by atoms with Crippen LogP contribution in [0.5, 0.6) is 17.2 Å². The third-order valence-corrected chi connectivity index (χ3v) is 5.52. The number of ether oxygens (including phenoxy) is 2. The van der Waals surface area contributed by atoms with E-state index in [2.05, 4.69) is 15.6 Å². The van der Waals surface area contributed by atoms with Gasteiger partial charge in [-0.2, -0.15) is 0 Å². The van der Waals surface area contributed by atoms with Crippen LogP contribution in [0.3, 0.4) is 0 Å². The number of hydrogen-bond acceptors (Lipinski definition) is 5. The van der Waals surface area contributed by atoms with Crippen molar-refractivity contribution in [1.82, 2.24) is 15.2 Å². The SMILES string of the molecule is COc1cc2nccc(Oc3ccc(NC(=S)NC4CC4)c(Cl)c3)c2cc1C(=O)N(C)C. The van der Waals surface area contributed by atoms with E-state index >= 15 is 0 Å². The monoisotopic (exact) mass is 470 g/mol. The molecule has 1 aliphatic rings. The molecule has 9 heteroatoms. The Kier molecular flexibility index (Phi) is 6.34. The highest BCUT2D eigenvalue weighted by Gasteiger charge is 2.22. The molecule has 0 aliphatic heterocycles. The normalized spacial score (nSPS) is 12.9. The number of pyridine rings is 1. The third-order valence-electron chi connectivity index (χ3n) is 4.99. The maximum atomic E-state index is 12.6. The van der Waals surface area contributed by atoms with E-state index in [0.717, 1.165) is 12.8 Å². The van der Waals surface area contributed by atoms with Crippen LogP contribution in [0.25, 0.3) is 10.9 Å². The molecule has 0 spiro atoms. The first-order chi connectivity index (χ1) is 15.4. The molecule has 0 radical (unpaired) electrons. The molecule has 2 aromatic carbocycles. The molecule has 1 amide bonds. The lowest BCUT2D eigenvalue weighted by Gasteiger charge is -2.16. The number of aromatic nitrogens is 1. The van der Waals surface area contributed by atoms with Gasteiger partial charge in [-0.15, -0.1) is 0 Å². The van der Waals surface area contributed by atoms with Gasteiger partial charge in [0, 0.05) is 43.9 Å². The van der Waals surface area contributed by atoms with Crippen molar-refractivity contribution >= 4 is 51.4 Å². The molecule has 1 aromatic heterocycles. The summed E-state index contributed by atoms with van der Waals surface area (Å²) in [5.41, 5.74) is 1.77. The van der Waals surface area contributed by atoms with Gasteiger partial charge >= 0.3 is 0 Å². The lowest BCUT2D eigenvalue weighted by molar-refractivity contribution is 0.0824. The van der Waals surface area contributed by atoms with E-state index in [-0.39, 0.29) is 5.91 Å². The van der Waals surface area contributed by atoms with Crippen LogP contribution in [-0.4, -0.2) is 48.2 Å². The largest absolute Gasteiger partial charge is 0.496 e. The summed E-state index contributed by atoms with van der Waals surface area (Å²) in [5.74, 6) is 1.38. The zero-order valence-corrected chi connectivity index (χ0v) is 19.5. The molecule has 0 atom stereocenters. The second-order valence-electron chi connectivity index (χ2n) is 7.69. The fourth-order valence-corrected chi connectivity index (χ4v) is 3.67. The number of carbonyl (C=O) groups is 1. The molecule has 1 aliphatic carbocycles. The first-order valence-corrected chi connectivity index (χ1v) is 10.9. The van der Waals surface area contributed by atoms with E-state index in [4.69, 9.17) is 33.3 Å². The number of carbonyl (C=O) groups excluding carboxylic acids is 1. The molecule has 32 heavy (non-hydrogen) atoms. The van der Waals surface area contributed by atoms with Gasteiger partial charge in [-0.25, -0.2) is 0 Å². The maximum absolute atomic E-state index is 12.6. The van der Waals surface area contributed by atoms with E-state index < -0.39 is 0 Å². The number of fused-ring (bicyclic) bond motifs is 1. The van der Waals surface area contributed by atoms with E-state index in [1.807, 2.05) is 6.07 Å². The maximum Gasteiger partial charge on any atom is 0.257 e. The number of nitrogens with zero attached hydrogens (tertiary/aromatic N) is 2. The Balaban J connectivity index is 1.62. The van der Waals surface area contributed by atoms with Gasteiger partial charge in [-0.1, -0.05) is 11.6 Å². The highest BCUT2D eigenvalue weighted by atomic mass is 35.5. The van der Waals surface area contributed by atoms with Crippen LogP contribution in [0.4, 0.5) is 5.69 Å². The van der Waals surface area contributed by atoms with E-state index in [0.29, 0.717) is 55.6 Å². The van der Waals surface area contributed by atoms with Gasteiger partial charge in [0.15, 0.2) is 5.11 Å². The molecule has 1 heterocycles. The predicted octanol–water partition coefficient (Wildman–Crippen LogP) is 4.84. The summed E-state index contributed by atoms with van der Waals surface area (Å²) < 4.78 is 11.5. The average Bonchev–Trinajstić information content (AvgIpc) is 3.58. The highest BCUT2D eigenvalue weighted by molar-refractivity contribution is 7.80. The Bertz CT molecular complexity index is 1200. The Morgan fingerprint density at radius 3 is 2.62 bits per heavy atom. The molecule has 3 aromatic rings. The Hall–Kier alpha value is -3.10. The second kappa shape index (κ2) is 9.18. The molecular weight excluding hydrogens is 448 g/mol. The topological polar surface area (TPSA) is 75.7 Å². The quantitative estimate of drug-likeness (QED) is 0.499. The Morgan fingerprint density at radius 2 is 1.97 bits per heavy atom. The lowest BCUT2D eigenvalue weighted by Crippen LogP contribution is -2.30. The zero-order valence-electron chi connectivity index (χ0n) is 17.9. The van der Waals surface area contributed by atoms with Crippen molar-refractivity contribution in [2.24, 2.45) is 0 Å².